The Morgan fingerprint density at radius 2 is 2.26 bits per heavy atom. The number of aliphatic hydroxyl groups excluding tert-OH is 1. The van der Waals surface area contributed by atoms with Crippen molar-refractivity contribution in [3.05, 3.63) is 22.3 Å². The van der Waals surface area contributed by atoms with Gasteiger partial charge in [-0.1, -0.05) is 0 Å². The van der Waals surface area contributed by atoms with Crippen molar-refractivity contribution in [3.8, 4) is 0 Å². The zero-order valence-electron chi connectivity index (χ0n) is 11.1. The number of aliphatic hydroxyl groups is 1. The zero-order chi connectivity index (χ0) is 13.7. The summed E-state index contributed by atoms with van der Waals surface area (Å²) in [6, 6.07) is 2.00. The molecule has 1 unspecified atom stereocenters. The summed E-state index contributed by atoms with van der Waals surface area (Å²) in [6.07, 6.45) is 1.35. The number of morpholine rings is 1. The fourth-order valence-corrected chi connectivity index (χ4v) is 2.53. The molecule has 1 aromatic rings. The minimum absolute atomic E-state index is 0.400. The van der Waals surface area contributed by atoms with Gasteiger partial charge >= 0.3 is 0 Å². The lowest BCUT2D eigenvalue weighted by molar-refractivity contribution is 0.0171. The molecule has 19 heavy (non-hydrogen) atoms. The van der Waals surface area contributed by atoms with Crippen molar-refractivity contribution in [3.63, 3.8) is 0 Å². The van der Waals surface area contributed by atoms with Gasteiger partial charge in [0.05, 0.1) is 19.3 Å². The Kier molecular flexibility index (Phi) is 5.57. The number of pyridine rings is 1. The van der Waals surface area contributed by atoms with Crippen LogP contribution in [-0.4, -0.2) is 60.5 Å². The SMILES string of the molecule is Cc1cc(Br)cnc1NCC(O)CN1CCOCC1. The van der Waals surface area contributed by atoms with Crippen LogP contribution >= 0.6 is 15.9 Å². The molecular formula is C13H20BrN3O2. The van der Waals surface area contributed by atoms with E-state index in [2.05, 4.69) is 31.1 Å². The first-order valence-electron chi connectivity index (χ1n) is 6.49. The summed E-state index contributed by atoms with van der Waals surface area (Å²) in [5, 5.41) is 13.2. The number of ether oxygens (including phenoxy) is 1. The molecular weight excluding hydrogens is 310 g/mol. The van der Waals surface area contributed by atoms with Crippen LogP contribution in [0.5, 0.6) is 0 Å². The molecule has 0 radical (unpaired) electrons. The maximum atomic E-state index is 10.0. The Bertz CT molecular complexity index is 411. The van der Waals surface area contributed by atoms with E-state index in [1.807, 2.05) is 13.0 Å². The first-order valence-corrected chi connectivity index (χ1v) is 7.28. The minimum Gasteiger partial charge on any atom is -0.390 e. The number of nitrogens with zero attached hydrogens (tertiary/aromatic N) is 2. The average Bonchev–Trinajstić information content (AvgIpc) is 2.39. The van der Waals surface area contributed by atoms with Crippen molar-refractivity contribution >= 4 is 21.7 Å². The molecule has 0 spiro atoms. The lowest BCUT2D eigenvalue weighted by atomic mass is 10.2. The van der Waals surface area contributed by atoms with Crippen molar-refractivity contribution < 1.29 is 9.84 Å². The summed E-state index contributed by atoms with van der Waals surface area (Å²) < 4.78 is 6.25. The van der Waals surface area contributed by atoms with Gasteiger partial charge in [0.1, 0.15) is 5.82 Å². The number of anilines is 1. The second-order valence-electron chi connectivity index (χ2n) is 4.77. The maximum absolute atomic E-state index is 10.0. The van der Waals surface area contributed by atoms with E-state index in [4.69, 9.17) is 4.74 Å². The zero-order valence-corrected chi connectivity index (χ0v) is 12.7. The van der Waals surface area contributed by atoms with Crippen LogP contribution in [-0.2, 0) is 4.74 Å². The van der Waals surface area contributed by atoms with Gasteiger partial charge in [0.25, 0.3) is 0 Å². The second-order valence-corrected chi connectivity index (χ2v) is 5.68. The van der Waals surface area contributed by atoms with Gasteiger partial charge in [-0.25, -0.2) is 4.98 Å². The molecule has 2 rings (SSSR count). The van der Waals surface area contributed by atoms with Crippen molar-refractivity contribution in [2.24, 2.45) is 0 Å². The fourth-order valence-electron chi connectivity index (χ4n) is 2.09. The van der Waals surface area contributed by atoms with Gasteiger partial charge in [-0.2, -0.15) is 0 Å². The second kappa shape index (κ2) is 7.19. The van der Waals surface area contributed by atoms with E-state index < -0.39 is 6.10 Å². The molecule has 1 aromatic heterocycles. The van der Waals surface area contributed by atoms with E-state index in [-0.39, 0.29) is 0 Å². The van der Waals surface area contributed by atoms with Gasteiger partial charge in [0.15, 0.2) is 0 Å². The maximum Gasteiger partial charge on any atom is 0.129 e. The first kappa shape index (κ1) is 14.7. The van der Waals surface area contributed by atoms with Gasteiger partial charge in [0, 0.05) is 36.8 Å². The minimum atomic E-state index is -0.400. The molecule has 0 aliphatic carbocycles. The van der Waals surface area contributed by atoms with Gasteiger partial charge in [-0.05, 0) is 34.5 Å². The van der Waals surface area contributed by atoms with E-state index >= 15 is 0 Å². The van der Waals surface area contributed by atoms with Crippen LogP contribution in [0.15, 0.2) is 16.7 Å². The summed E-state index contributed by atoms with van der Waals surface area (Å²) >= 11 is 3.38. The highest BCUT2D eigenvalue weighted by Gasteiger charge is 2.15. The van der Waals surface area contributed by atoms with Gasteiger partial charge in [-0.15, -0.1) is 0 Å². The third kappa shape index (κ3) is 4.72. The predicted octanol–water partition coefficient (Wildman–Crippen LogP) is 1.26. The number of β-amino-alcohol motifs (C(OH)–C–C–N with tert-alkyl or cyclic N) is 1. The average molecular weight is 330 g/mol. The van der Waals surface area contributed by atoms with Crippen molar-refractivity contribution in [1.29, 1.82) is 0 Å². The number of nitrogens with one attached hydrogen (secondary N) is 1. The molecule has 1 fully saturated rings. The smallest absolute Gasteiger partial charge is 0.129 e. The summed E-state index contributed by atoms with van der Waals surface area (Å²) in [6.45, 7) is 6.48. The summed E-state index contributed by atoms with van der Waals surface area (Å²) in [5.74, 6) is 0.823. The number of halogens is 1. The van der Waals surface area contributed by atoms with Crippen LogP contribution in [0.1, 0.15) is 5.56 Å². The van der Waals surface area contributed by atoms with Gasteiger partial charge < -0.3 is 15.2 Å². The summed E-state index contributed by atoms with van der Waals surface area (Å²) in [5.41, 5.74) is 1.06. The lowest BCUT2D eigenvalue weighted by Crippen LogP contribution is -2.42. The molecule has 1 aliphatic heterocycles. The van der Waals surface area contributed by atoms with E-state index in [0.717, 1.165) is 42.2 Å². The summed E-state index contributed by atoms with van der Waals surface area (Å²) in [4.78, 5) is 6.51. The molecule has 0 amide bonds. The van der Waals surface area contributed by atoms with Crippen LogP contribution < -0.4 is 5.32 Å². The predicted molar refractivity (Wildman–Crippen MR) is 78.4 cm³/mol. The number of aromatic nitrogens is 1. The van der Waals surface area contributed by atoms with Crippen LogP contribution in [0.3, 0.4) is 0 Å². The monoisotopic (exact) mass is 329 g/mol. The Balaban J connectivity index is 1.77. The quantitative estimate of drug-likeness (QED) is 0.851. The van der Waals surface area contributed by atoms with E-state index in [0.29, 0.717) is 13.1 Å². The van der Waals surface area contributed by atoms with E-state index in [1.54, 1.807) is 6.20 Å². The van der Waals surface area contributed by atoms with Crippen LogP contribution in [0.2, 0.25) is 0 Å². The van der Waals surface area contributed by atoms with Gasteiger partial charge in [-0.3, -0.25) is 4.90 Å². The highest BCUT2D eigenvalue weighted by atomic mass is 79.9. The summed E-state index contributed by atoms with van der Waals surface area (Å²) in [7, 11) is 0. The Hall–Kier alpha value is -0.690. The Morgan fingerprint density at radius 1 is 1.53 bits per heavy atom. The largest absolute Gasteiger partial charge is 0.390 e. The van der Waals surface area contributed by atoms with Crippen LogP contribution in [0.25, 0.3) is 0 Å². The molecule has 1 saturated heterocycles. The van der Waals surface area contributed by atoms with Crippen molar-refractivity contribution in [2.45, 2.75) is 13.0 Å². The standard InChI is InChI=1S/C13H20BrN3O2/c1-10-6-11(14)7-15-13(10)16-8-12(18)9-17-2-4-19-5-3-17/h6-7,12,18H,2-5,8-9H2,1H3,(H,15,16). The number of rotatable bonds is 5. The highest BCUT2D eigenvalue weighted by Crippen LogP contribution is 2.16. The fraction of sp³-hybridized carbons (Fsp3) is 0.615. The molecule has 5 nitrogen and oxygen atoms in total. The van der Waals surface area contributed by atoms with Crippen LogP contribution in [0.4, 0.5) is 5.82 Å². The third-order valence-corrected chi connectivity index (χ3v) is 3.56. The third-order valence-electron chi connectivity index (χ3n) is 3.12. The number of aryl methyl sites for hydroxylation is 1. The number of hydrogen-bond acceptors (Lipinski definition) is 5. The Labute approximate surface area is 122 Å². The van der Waals surface area contributed by atoms with E-state index in [9.17, 15) is 5.11 Å². The molecule has 2 heterocycles. The molecule has 2 N–H and O–H groups in total. The normalized spacial score (nSPS) is 18.3. The molecule has 0 bridgehead atoms. The van der Waals surface area contributed by atoms with Crippen molar-refractivity contribution in [2.75, 3.05) is 44.7 Å². The molecule has 1 aliphatic rings. The first-order chi connectivity index (χ1) is 9.15. The van der Waals surface area contributed by atoms with Crippen molar-refractivity contribution in [1.82, 2.24) is 9.88 Å². The molecule has 0 saturated carbocycles. The molecule has 6 heteroatoms. The van der Waals surface area contributed by atoms with Gasteiger partial charge in [0.2, 0.25) is 0 Å². The topological polar surface area (TPSA) is 57.6 Å². The van der Waals surface area contributed by atoms with E-state index in [1.165, 1.54) is 0 Å². The highest BCUT2D eigenvalue weighted by molar-refractivity contribution is 9.10. The van der Waals surface area contributed by atoms with Crippen LogP contribution in [0, 0.1) is 6.92 Å². The number of hydrogen-bond donors (Lipinski definition) is 2. The Morgan fingerprint density at radius 3 is 2.95 bits per heavy atom. The molecule has 106 valence electrons. The lowest BCUT2D eigenvalue weighted by Gasteiger charge is -2.28. The molecule has 0 aromatic carbocycles. The molecule has 1 atom stereocenters.